The van der Waals surface area contributed by atoms with Crippen LogP contribution in [0.3, 0.4) is 0 Å². The molecular weight excluding hydrogens is 158 g/mol. The van der Waals surface area contributed by atoms with Crippen LogP contribution in [0.25, 0.3) is 6.08 Å². The first-order chi connectivity index (χ1) is 5.33. The van der Waals surface area contributed by atoms with Crippen LogP contribution < -0.4 is 0 Å². The van der Waals surface area contributed by atoms with Gasteiger partial charge in [-0.1, -0.05) is 23.7 Å². The summed E-state index contributed by atoms with van der Waals surface area (Å²) in [5.41, 5.74) is 0.944. The Balaban J connectivity index is 2.90. The molecule has 1 nitrogen and oxygen atoms in total. The molecule has 1 aromatic carbocycles. The first-order valence-electron chi connectivity index (χ1n) is 3.14. The van der Waals surface area contributed by atoms with Crippen LogP contribution in [-0.4, -0.2) is 0 Å². The molecule has 0 amide bonds. The number of hydrogen-bond acceptors (Lipinski definition) is 1. The molecule has 2 heteroatoms. The number of benzene rings is 1. The summed E-state index contributed by atoms with van der Waals surface area (Å²) in [6, 6.07) is 9.25. The number of rotatable bonds is 1. The maximum Gasteiger partial charge on any atom is 0.0912 e. The van der Waals surface area contributed by atoms with Gasteiger partial charge in [-0.3, -0.25) is 0 Å². The smallest absolute Gasteiger partial charge is 0.0912 e. The van der Waals surface area contributed by atoms with Gasteiger partial charge in [-0.15, -0.1) is 0 Å². The maximum atomic E-state index is 8.23. The Bertz CT molecular complexity index is 310. The number of nitrogens with zero attached hydrogens (tertiary/aromatic N) is 1. The van der Waals surface area contributed by atoms with Crippen molar-refractivity contribution in [3.63, 3.8) is 0 Å². The molecule has 0 atom stereocenters. The van der Waals surface area contributed by atoms with E-state index in [1.165, 1.54) is 6.08 Å². The third-order valence-electron chi connectivity index (χ3n) is 1.20. The summed E-state index contributed by atoms with van der Waals surface area (Å²) in [6.45, 7) is 0. The van der Waals surface area contributed by atoms with E-state index in [4.69, 9.17) is 16.9 Å². The van der Waals surface area contributed by atoms with Gasteiger partial charge in [-0.05, 0) is 23.8 Å². The van der Waals surface area contributed by atoms with E-state index in [1.807, 2.05) is 18.2 Å². The highest BCUT2D eigenvalue weighted by Crippen LogP contribution is 2.11. The lowest BCUT2D eigenvalue weighted by Crippen LogP contribution is -1.69. The van der Waals surface area contributed by atoms with Crippen LogP contribution in [0.2, 0.25) is 5.02 Å². The number of hydrogen-bond donors (Lipinski definition) is 0. The Morgan fingerprint density at radius 3 is 2.91 bits per heavy atom. The molecule has 0 aliphatic carbocycles. The van der Waals surface area contributed by atoms with Crippen molar-refractivity contribution in [3.8, 4) is 6.07 Å². The van der Waals surface area contributed by atoms with Crippen molar-refractivity contribution in [3.05, 3.63) is 40.9 Å². The molecule has 0 aliphatic rings. The molecule has 0 saturated heterocycles. The summed E-state index contributed by atoms with van der Waals surface area (Å²) in [5.74, 6) is 0. The van der Waals surface area contributed by atoms with Gasteiger partial charge < -0.3 is 0 Å². The van der Waals surface area contributed by atoms with E-state index in [1.54, 1.807) is 18.2 Å². The van der Waals surface area contributed by atoms with Gasteiger partial charge in [-0.2, -0.15) is 5.26 Å². The van der Waals surface area contributed by atoms with E-state index in [0.717, 1.165) is 5.56 Å². The average Bonchev–Trinajstić information content (AvgIpc) is 2.01. The van der Waals surface area contributed by atoms with Crippen molar-refractivity contribution < 1.29 is 0 Å². The van der Waals surface area contributed by atoms with E-state index in [9.17, 15) is 0 Å². The Hall–Kier alpha value is -1.26. The minimum Gasteiger partial charge on any atom is -0.193 e. The van der Waals surface area contributed by atoms with Crippen LogP contribution in [-0.2, 0) is 0 Å². The van der Waals surface area contributed by atoms with Crippen LogP contribution in [0, 0.1) is 11.3 Å². The largest absolute Gasteiger partial charge is 0.193 e. The molecule has 0 spiro atoms. The summed E-state index contributed by atoms with van der Waals surface area (Å²) in [4.78, 5) is 0. The molecule has 0 N–H and O–H groups in total. The lowest BCUT2D eigenvalue weighted by molar-refractivity contribution is 1.54. The highest BCUT2D eigenvalue weighted by Gasteiger charge is 1.86. The predicted octanol–water partition coefficient (Wildman–Crippen LogP) is 2.88. The van der Waals surface area contributed by atoms with E-state index < -0.39 is 0 Å². The fraction of sp³-hybridized carbons (Fsp3) is 0. The number of allylic oxidation sites excluding steroid dienone is 1. The van der Waals surface area contributed by atoms with Crippen LogP contribution in [0.4, 0.5) is 0 Å². The molecule has 11 heavy (non-hydrogen) atoms. The van der Waals surface area contributed by atoms with Gasteiger partial charge in [0.05, 0.1) is 6.07 Å². The molecular formula is C9H6ClN. The van der Waals surface area contributed by atoms with Crippen molar-refractivity contribution in [1.82, 2.24) is 0 Å². The van der Waals surface area contributed by atoms with Crippen molar-refractivity contribution >= 4 is 17.7 Å². The molecule has 1 aromatic rings. The van der Waals surface area contributed by atoms with Crippen molar-refractivity contribution in [2.45, 2.75) is 0 Å². The van der Waals surface area contributed by atoms with Crippen LogP contribution in [0.15, 0.2) is 30.3 Å². The third-order valence-corrected chi connectivity index (χ3v) is 1.43. The molecule has 0 heterocycles. The Morgan fingerprint density at radius 1 is 1.45 bits per heavy atom. The third kappa shape index (κ3) is 2.45. The summed E-state index contributed by atoms with van der Waals surface area (Å²) in [6.07, 6.45) is 3.14. The number of halogens is 1. The maximum absolute atomic E-state index is 8.23. The predicted molar refractivity (Wildman–Crippen MR) is 46.1 cm³/mol. The minimum atomic E-state index is 0.685. The molecule has 0 fully saturated rings. The second-order valence-electron chi connectivity index (χ2n) is 2.02. The molecule has 1 rings (SSSR count). The zero-order valence-corrected chi connectivity index (χ0v) is 6.55. The van der Waals surface area contributed by atoms with Gasteiger partial charge in [0.2, 0.25) is 0 Å². The Morgan fingerprint density at radius 2 is 2.27 bits per heavy atom. The molecule has 0 unspecified atom stereocenters. The van der Waals surface area contributed by atoms with Crippen molar-refractivity contribution in [2.24, 2.45) is 0 Å². The summed E-state index contributed by atoms with van der Waals surface area (Å²) in [7, 11) is 0. The first kappa shape index (κ1) is 7.84. The van der Waals surface area contributed by atoms with Crippen LogP contribution >= 0.6 is 11.6 Å². The fourth-order valence-electron chi connectivity index (χ4n) is 0.744. The Labute approximate surface area is 70.5 Å². The first-order valence-corrected chi connectivity index (χ1v) is 3.52. The average molecular weight is 164 g/mol. The quantitative estimate of drug-likeness (QED) is 0.584. The van der Waals surface area contributed by atoms with Gasteiger partial charge in [0.25, 0.3) is 0 Å². The zero-order chi connectivity index (χ0) is 8.10. The van der Waals surface area contributed by atoms with E-state index in [-0.39, 0.29) is 0 Å². The minimum absolute atomic E-state index is 0.685. The number of nitriles is 1. The molecule has 0 aromatic heterocycles. The van der Waals surface area contributed by atoms with Gasteiger partial charge >= 0.3 is 0 Å². The van der Waals surface area contributed by atoms with Crippen LogP contribution in [0.5, 0.6) is 0 Å². The van der Waals surface area contributed by atoms with Crippen molar-refractivity contribution in [2.75, 3.05) is 0 Å². The standard InChI is InChI=1S/C9H6ClN/c10-9-5-1-3-8(7-9)4-2-6-11/h1-5,7H/b4-2-. The zero-order valence-electron chi connectivity index (χ0n) is 5.79. The van der Waals surface area contributed by atoms with E-state index in [2.05, 4.69) is 0 Å². The molecule has 0 aliphatic heterocycles. The SMILES string of the molecule is N#C/C=C\c1cccc(Cl)c1. The summed E-state index contributed by atoms with van der Waals surface area (Å²) in [5, 5.41) is 8.91. The highest BCUT2D eigenvalue weighted by atomic mass is 35.5. The van der Waals surface area contributed by atoms with Gasteiger partial charge in [0, 0.05) is 11.1 Å². The second kappa shape index (κ2) is 3.80. The topological polar surface area (TPSA) is 23.8 Å². The van der Waals surface area contributed by atoms with Gasteiger partial charge in [-0.25, -0.2) is 0 Å². The molecule has 54 valence electrons. The second-order valence-corrected chi connectivity index (χ2v) is 2.45. The highest BCUT2D eigenvalue weighted by molar-refractivity contribution is 6.30. The fourth-order valence-corrected chi connectivity index (χ4v) is 0.942. The van der Waals surface area contributed by atoms with E-state index in [0.29, 0.717) is 5.02 Å². The molecule has 0 bridgehead atoms. The van der Waals surface area contributed by atoms with Crippen LogP contribution in [0.1, 0.15) is 5.56 Å². The monoisotopic (exact) mass is 163 g/mol. The summed E-state index contributed by atoms with van der Waals surface area (Å²) >= 11 is 5.71. The molecule has 0 radical (unpaired) electrons. The Kier molecular flexibility index (Phi) is 2.71. The lowest BCUT2D eigenvalue weighted by atomic mass is 10.2. The van der Waals surface area contributed by atoms with E-state index >= 15 is 0 Å². The van der Waals surface area contributed by atoms with Crippen molar-refractivity contribution in [1.29, 1.82) is 5.26 Å². The van der Waals surface area contributed by atoms with Gasteiger partial charge in [0.1, 0.15) is 0 Å². The normalized spacial score (nSPS) is 9.82. The lowest BCUT2D eigenvalue weighted by Gasteiger charge is -1.91. The summed E-state index contributed by atoms with van der Waals surface area (Å²) < 4.78 is 0. The van der Waals surface area contributed by atoms with Gasteiger partial charge in [0.15, 0.2) is 0 Å². The molecule has 0 saturated carbocycles.